The molecule has 2 heteroatoms. The summed E-state index contributed by atoms with van der Waals surface area (Å²) in [6.45, 7) is 0. The van der Waals surface area contributed by atoms with E-state index in [4.69, 9.17) is 0 Å². The maximum absolute atomic E-state index is 10.9. The Morgan fingerprint density at radius 3 is 2.00 bits per heavy atom. The average Bonchev–Trinajstić information content (AvgIpc) is 2.39. The molecule has 1 saturated carbocycles. The third-order valence-corrected chi connectivity index (χ3v) is 1.86. The third-order valence-electron chi connectivity index (χ3n) is 1.86. The van der Waals surface area contributed by atoms with Gasteiger partial charge in [0.25, 0.3) is 0 Å². The van der Waals surface area contributed by atoms with E-state index >= 15 is 0 Å². The summed E-state index contributed by atoms with van der Waals surface area (Å²) in [6.07, 6.45) is 4.49. The molecule has 0 atom stereocenters. The fourth-order valence-corrected chi connectivity index (χ4v) is 1.38. The minimum atomic E-state index is -0.00579. The van der Waals surface area contributed by atoms with Crippen LogP contribution >= 0.6 is 0 Å². The second-order valence-corrected chi connectivity index (χ2v) is 2.49. The highest BCUT2D eigenvalue weighted by Crippen LogP contribution is 2.29. The number of allylic oxidation sites excluding steroid dienone is 4. The predicted molar refractivity (Wildman–Crippen MR) is 35.4 cm³/mol. The van der Waals surface area contributed by atoms with Gasteiger partial charge in [0, 0.05) is 11.1 Å². The van der Waals surface area contributed by atoms with Crippen molar-refractivity contribution in [3.63, 3.8) is 0 Å². The SMILES string of the molecule is O=C1CC(=O)C2=CCC=C12. The van der Waals surface area contributed by atoms with E-state index in [1.165, 1.54) is 0 Å². The Hall–Kier alpha value is -1.18. The molecule has 0 spiro atoms. The van der Waals surface area contributed by atoms with Crippen LogP contribution in [0.5, 0.6) is 0 Å². The summed E-state index contributed by atoms with van der Waals surface area (Å²) in [5, 5.41) is 0. The van der Waals surface area contributed by atoms with Crippen molar-refractivity contribution in [3.05, 3.63) is 23.3 Å². The van der Waals surface area contributed by atoms with E-state index in [9.17, 15) is 9.59 Å². The number of hydrogen-bond donors (Lipinski definition) is 0. The standard InChI is InChI=1S/C8H6O2/c9-7-4-8(10)6-3-1-2-5(6)7/h2-3H,1,4H2. The van der Waals surface area contributed by atoms with Crippen molar-refractivity contribution >= 4 is 11.6 Å². The van der Waals surface area contributed by atoms with Crippen molar-refractivity contribution in [1.29, 1.82) is 0 Å². The molecule has 0 amide bonds. The van der Waals surface area contributed by atoms with Gasteiger partial charge in [0.2, 0.25) is 0 Å². The van der Waals surface area contributed by atoms with Gasteiger partial charge < -0.3 is 0 Å². The molecule has 0 aromatic heterocycles. The summed E-state index contributed by atoms with van der Waals surface area (Å²) in [7, 11) is 0. The quantitative estimate of drug-likeness (QED) is 0.459. The second kappa shape index (κ2) is 1.66. The van der Waals surface area contributed by atoms with Crippen molar-refractivity contribution in [2.24, 2.45) is 0 Å². The van der Waals surface area contributed by atoms with Gasteiger partial charge in [0.05, 0.1) is 6.42 Å². The lowest BCUT2D eigenvalue weighted by Gasteiger charge is -1.85. The molecule has 0 aromatic carbocycles. The average molecular weight is 134 g/mol. The van der Waals surface area contributed by atoms with Gasteiger partial charge in [-0.3, -0.25) is 9.59 Å². The molecule has 0 aromatic rings. The molecule has 2 nitrogen and oxygen atoms in total. The molecule has 1 fully saturated rings. The van der Waals surface area contributed by atoms with E-state index in [2.05, 4.69) is 0 Å². The molecular weight excluding hydrogens is 128 g/mol. The molecule has 2 aliphatic carbocycles. The second-order valence-electron chi connectivity index (χ2n) is 2.49. The number of ketones is 2. The van der Waals surface area contributed by atoms with Crippen LogP contribution in [0.4, 0.5) is 0 Å². The smallest absolute Gasteiger partial charge is 0.171 e. The Balaban J connectivity index is 2.55. The molecule has 0 saturated heterocycles. The Kier molecular flexibility index (Phi) is 0.926. The summed E-state index contributed by atoms with van der Waals surface area (Å²) in [6, 6.07) is 0. The lowest BCUT2D eigenvalue weighted by Crippen LogP contribution is -1.91. The van der Waals surface area contributed by atoms with Crippen LogP contribution in [0.2, 0.25) is 0 Å². The Morgan fingerprint density at radius 1 is 1.00 bits per heavy atom. The molecular formula is C8H6O2. The number of hydrogen-bond acceptors (Lipinski definition) is 2. The summed E-state index contributed by atoms with van der Waals surface area (Å²) >= 11 is 0. The zero-order valence-corrected chi connectivity index (χ0v) is 5.39. The fourth-order valence-electron chi connectivity index (χ4n) is 1.38. The van der Waals surface area contributed by atoms with Crippen LogP contribution in [-0.2, 0) is 9.59 Å². The molecule has 2 aliphatic rings. The lowest BCUT2D eigenvalue weighted by atomic mass is 10.2. The van der Waals surface area contributed by atoms with Crippen LogP contribution in [-0.4, -0.2) is 11.6 Å². The first-order chi connectivity index (χ1) is 4.79. The number of carbonyl (C=O) groups excluding carboxylic acids is 2. The van der Waals surface area contributed by atoms with Crippen LogP contribution in [0, 0.1) is 0 Å². The van der Waals surface area contributed by atoms with Gasteiger partial charge in [0.1, 0.15) is 0 Å². The summed E-state index contributed by atoms with van der Waals surface area (Å²) < 4.78 is 0. The highest BCUT2D eigenvalue weighted by Gasteiger charge is 2.31. The Labute approximate surface area is 58.2 Å². The molecule has 0 heterocycles. The van der Waals surface area contributed by atoms with Gasteiger partial charge in [-0.15, -0.1) is 0 Å². The topological polar surface area (TPSA) is 34.1 Å². The van der Waals surface area contributed by atoms with Crippen molar-refractivity contribution in [2.75, 3.05) is 0 Å². The molecule has 0 aliphatic heterocycles. The highest BCUT2D eigenvalue weighted by atomic mass is 16.2. The lowest BCUT2D eigenvalue weighted by molar-refractivity contribution is -0.120. The highest BCUT2D eigenvalue weighted by molar-refractivity contribution is 6.27. The van der Waals surface area contributed by atoms with E-state index in [0.29, 0.717) is 11.1 Å². The van der Waals surface area contributed by atoms with E-state index in [1.54, 1.807) is 0 Å². The van der Waals surface area contributed by atoms with E-state index in [1.807, 2.05) is 12.2 Å². The maximum Gasteiger partial charge on any atom is 0.171 e. The fraction of sp³-hybridized carbons (Fsp3) is 0.250. The first-order valence-corrected chi connectivity index (χ1v) is 3.26. The predicted octanol–water partition coefficient (Wildman–Crippen LogP) is 0.785. The van der Waals surface area contributed by atoms with Crippen molar-refractivity contribution in [3.8, 4) is 0 Å². The maximum atomic E-state index is 10.9. The molecule has 0 radical (unpaired) electrons. The first kappa shape index (κ1) is 5.59. The van der Waals surface area contributed by atoms with E-state index in [0.717, 1.165) is 6.42 Å². The number of fused-ring (bicyclic) bond motifs is 1. The van der Waals surface area contributed by atoms with Gasteiger partial charge in [-0.25, -0.2) is 0 Å². The molecule has 0 N–H and O–H groups in total. The van der Waals surface area contributed by atoms with Crippen LogP contribution in [0.15, 0.2) is 23.3 Å². The van der Waals surface area contributed by atoms with Crippen LogP contribution in [0.3, 0.4) is 0 Å². The van der Waals surface area contributed by atoms with E-state index < -0.39 is 0 Å². The molecule has 0 bridgehead atoms. The van der Waals surface area contributed by atoms with Crippen LogP contribution in [0.1, 0.15) is 12.8 Å². The number of rotatable bonds is 0. The van der Waals surface area contributed by atoms with Crippen molar-refractivity contribution in [1.82, 2.24) is 0 Å². The molecule has 50 valence electrons. The van der Waals surface area contributed by atoms with Gasteiger partial charge in [0.15, 0.2) is 11.6 Å². The monoisotopic (exact) mass is 134 g/mol. The third kappa shape index (κ3) is 0.533. The van der Waals surface area contributed by atoms with Gasteiger partial charge in [-0.1, -0.05) is 12.2 Å². The molecule has 10 heavy (non-hydrogen) atoms. The van der Waals surface area contributed by atoms with E-state index in [-0.39, 0.29) is 18.0 Å². The largest absolute Gasteiger partial charge is 0.294 e. The minimum Gasteiger partial charge on any atom is -0.294 e. The number of carbonyl (C=O) groups is 2. The van der Waals surface area contributed by atoms with Crippen molar-refractivity contribution in [2.45, 2.75) is 12.8 Å². The minimum absolute atomic E-state index is 0.00579. The Morgan fingerprint density at radius 2 is 1.50 bits per heavy atom. The van der Waals surface area contributed by atoms with Gasteiger partial charge >= 0.3 is 0 Å². The molecule has 0 unspecified atom stereocenters. The Bertz CT molecular complexity index is 254. The zero-order valence-electron chi connectivity index (χ0n) is 5.39. The van der Waals surface area contributed by atoms with Crippen LogP contribution in [0.25, 0.3) is 0 Å². The zero-order chi connectivity index (χ0) is 7.14. The number of Topliss-reactive ketones (excluding diaryl/α,β-unsaturated/α-hetero) is 2. The van der Waals surface area contributed by atoms with Crippen molar-refractivity contribution < 1.29 is 9.59 Å². The molecule has 2 rings (SSSR count). The first-order valence-electron chi connectivity index (χ1n) is 3.26. The summed E-state index contributed by atoms with van der Waals surface area (Å²) in [5.74, 6) is -0.0116. The summed E-state index contributed by atoms with van der Waals surface area (Å²) in [5.41, 5.74) is 1.31. The normalized spacial score (nSPS) is 22.8. The van der Waals surface area contributed by atoms with Gasteiger partial charge in [-0.2, -0.15) is 0 Å². The van der Waals surface area contributed by atoms with Crippen LogP contribution < -0.4 is 0 Å². The summed E-state index contributed by atoms with van der Waals surface area (Å²) in [4.78, 5) is 21.9. The van der Waals surface area contributed by atoms with Gasteiger partial charge in [-0.05, 0) is 6.42 Å².